The zero-order valence-electron chi connectivity index (χ0n) is 13.4. The fourth-order valence-electron chi connectivity index (χ4n) is 2.37. The molecule has 0 aliphatic heterocycles. The third-order valence-corrected chi connectivity index (χ3v) is 3.57. The molecule has 0 fully saturated rings. The van der Waals surface area contributed by atoms with Gasteiger partial charge in [0.1, 0.15) is 5.75 Å². The van der Waals surface area contributed by atoms with Crippen molar-refractivity contribution in [1.29, 1.82) is 0 Å². The van der Waals surface area contributed by atoms with Gasteiger partial charge in [-0.15, -0.1) is 0 Å². The van der Waals surface area contributed by atoms with Crippen LogP contribution in [0.4, 0.5) is 0 Å². The molecule has 0 aromatic heterocycles. The van der Waals surface area contributed by atoms with Crippen molar-refractivity contribution >= 4 is 22.6 Å². The molecule has 5 heteroatoms. The molecule has 2 aromatic rings. The van der Waals surface area contributed by atoms with E-state index in [2.05, 4.69) is 6.58 Å². The van der Waals surface area contributed by atoms with E-state index in [-0.39, 0.29) is 0 Å². The lowest BCUT2D eigenvalue weighted by Gasteiger charge is -2.16. The lowest BCUT2D eigenvalue weighted by molar-refractivity contribution is -0.124. The molecule has 2 rings (SSSR count). The zero-order chi connectivity index (χ0) is 17.1. The number of hydrogen-bond donors (Lipinski definition) is 1. The lowest BCUT2D eigenvalue weighted by Crippen LogP contribution is -2.34. The minimum atomic E-state index is -1.16. The number of hydrogen-bond acceptors (Lipinski definition) is 4. The molecule has 0 bridgehead atoms. The van der Waals surface area contributed by atoms with Crippen LogP contribution in [0.2, 0.25) is 0 Å². The SMILES string of the molecule is C=C(C)C(OC(=O)c1cc(OC)cc2c(C)cccc12)C(N)=O. The highest BCUT2D eigenvalue weighted by Gasteiger charge is 2.23. The highest BCUT2D eigenvalue weighted by Crippen LogP contribution is 2.28. The number of primary amides is 1. The van der Waals surface area contributed by atoms with Gasteiger partial charge in [0.15, 0.2) is 0 Å². The standard InChI is InChI=1S/C18H19NO4/c1-10(2)16(17(19)20)23-18(21)15-9-12(22-4)8-14-11(3)6-5-7-13(14)15/h5-9,16H,1H2,2-4H3,(H2,19,20). The Morgan fingerprint density at radius 1 is 1.22 bits per heavy atom. The number of amides is 1. The number of rotatable bonds is 5. The third-order valence-electron chi connectivity index (χ3n) is 3.57. The molecule has 1 unspecified atom stereocenters. The second-order valence-electron chi connectivity index (χ2n) is 5.38. The normalized spacial score (nSPS) is 11.8. The summed E-state index contributed by atoms with van der Waals surface area (Å²) in [5.74, 6) is -0.870. The topological polar surface area (TPSA) is 78.6 Å². The van der Waals surface area contributed by atoms with Crippen LogP contribution < -0.4 is 10.5 Å². The Hall–Kier alpha value is -2.82. The predicted molar refractivity (Wildman–Crippen MR) is 88.4 cm³/mol. The van der Waals surface area contributed by atoms with Gasteiger partial charge < -0.3 is 15.2 Å². The van der Waals surface area contributed by atoms with Crippen LogP contribution in [0.15, 0.2) is 42.5 Å². The van der Waals surface area contributed by atoms with Crippen LogP contribution in [0.5, 0.6) is 5.75 Å². The first-order chi connectivity index (χ1) is 10.8. The van der Waals surface area contributed by atoms with Gasteiger partial charge in [-0.3, -0.25) is 4.79 Å². The molecule has 0 spiro atoms. The fraction of sp³-hybridized carbons (Fsp3) is 0.222. The van der Waals surface area contributed by atoms with Crippen LogP contribution in [0.1, 0.15) is 22.8 Å². The summed E-state index contributed by atoms with van der Waals surface area (Å²) < 4.78 is 10.5. The van der Waals surface area contributed by atoms with Crippen molar-refractivity contribution in [2.75, 3.05) is 7.11 Å². The van der Waals surface area contributed by atoms with Crippen LogP contribution in [-0.2, 0) is 9.53 Å². The molecular weight excluding hydrogens is 294 g/mol. The summed E-state index contributed by atoms with van der Waals surface area (Å²) in [6, 6.07) is 9.05. The quantitative estimate of drug-likeness (QED) is 0.680. The van der Waals surface area contributed by atoms with Crippen molar-refractivity contribution < 1.29 is 19.1 Å². The number of fused-ring (bicyclic) bond motifs is 1. The molecule has 1 atom stereocenters. The molecule has 2 N–H and O–H groups in total. The summed E-state index contributed by atoms with van der Waals surface area (Å²) in [6.07, 6.45) is -1.16. The second-order valence-corrected chi connectivity index (χ2v) is 5.38. The van der Waals surface area contributed by atoms with Crippen LogP contribution in [-0.4, -0.2) is 25.1 Å². The number of aryl methyl sites for hydroxylation is 1. The Morgan fingerprint density at radius 2 is 1.91 bits per heavy atom. The van der Waals surface area contributed by atoms with Crippen LogP contribution in [0.25, 0.3) is 10.8 Å². The van der Waals surface area contributed by atoms with Crippen molar-refractivity contribution in [3.05, 3.63) is 53.6 Å². The van der Waals surface area contributed by atoms with Gasteiger partial charge >= 0.3 is 5.97 Å². The summed E-state index contributed by atoms with van der Waals surface area (Å²) in [7, 11) is 1.52. The van der Waals surface area contributed by atoms with Gasteiger partial charge in [0.2, 0.25) is 6.10 Å². The van der Waals surface area contributed by atoms with Crippen LogP contribution in [0.3, 0.4) is 0 Å². The Balaban J connectivity index is 2.53. The van der Waals surface area contributed by atoms with Gasteiger partial charge in [-0.25, -0.2) is 4.79 Å². The molecular formula is C18H19NO4. The molecule has 2 aromatic carbocycles. The van der Waals surface area contributed by atoms with E-state index in [1.807, 2.05) is 31.2 Å². The van der Waals surface area contributed by atoms with E-state index in [1.54, 1.807) is 13.0 Å². The number of ether oxygens (including phenoxy) is 2. The summed E-state index contributed by atoms with van der Waals surface area (Å²) in [6.45, 7) is 7.15. The van der Waals surface area contributed by atoms with E-state index in [4.69, 9.17) is 15.2 Å². The highest BCUT2D eigenvalue weighted by molar-refractivity contribution is 6.06. The number of nitrogens with two attached hydrogens (primary N) is 1. The first-order valence-electron chi connectivity index (χ1n) is 7.08. The van der Waals surface area contributed by atoms with Gasteiger partial charge in [0.05, 0.1) is 12.7 Å². The van der Waals surface area contributed by atoms with Crippen molar-refractivity contribution in [3.8, 4) is 5.75 Å². The summed E-state index contributed by atoms with van der Waals surface area (Å²) in [5.41, 5.74) is 6.94. The second kappa shape index (κ2) is 6.52. The van der Waals surface area contributed by atoms with Gasteiger partial charge in [-0.2, -0.15) is 0 Å². The maximum absolute atomic E-state index is 12.5. The fourth-order valence-corrected chi connectivity index (χ4v) is 2.37. The molecule has 0 aliphatic rings. The first-order valence-corrected chi connectivity index (χ1v) is 7.08. The molecule has 1 amide bonds. The Labute approximate surface area is 134 Å². The first kappa shape index (κ1) is 16.5. The minimum Gasteiger partial charge on any atom is -0.497 e. The minimum absolute atomic E-state index is 0.315. The maximum atomic E-state index is 12.5. The molecule has 23 heavy (non-hydrogen) atoms. The third kappa shape index (κ3) is 3.34. The zero-order valence-corrected chi connectivity index (χ0v) is 13.4. The van der Waals surface area contributed by atoms with Crippen molar-refractivity contribution in [3.63, 3.8) is 0 Å². The van der Waals surface area contributed by atoms with Crippen molar-refractivity contribution in [1.82, 2.24) is 0 Å². The van der Waals surface area contributed by atoms with Gasteiger partial charge in [0, 0.05) is 0 Å². The summed E-state index contributed by atoms with van der Waals surface area (Å²) >= 11 is 0. The molecule has 0 saturated carbocycles. The van der Waals surface area contributed by atoms with Gasteiger partial charge in [-0.1, -0.05) is 24.8 Å². The Bertz CT molecular complexity index is 781. The highest BCUT2D eigenvalue weighted by atomic mass is 16.5. The van der Waals surface area contributed by atoms with E-state index < -0.39 is 18.0 Å². The van der Waals surface area contributed by atoms with Gasteiger partial charge in [0.25, 0.3) is 5.91 Å². The number of carbonyl (C=O) groups is 2. The molecule has 0 radical (unpaired) electrons. The summed E-state index contributed by atoms with van der Waals surface area (Å²) in [5, 5.41) is 1.60. The smallest absolute Gasteiger partial charge is 0.340 e. The average molecular weight is 313 g/mol. The van der Waals surface area contributed by atoms with Gasteiger partial charge in [-0.05, 0) is 47.9 Å². The molecule has 5 nitrogen and oxygen atoms in total. The number of carbonyl (C=O) groups excluding carboxylic acids is 2. The Kier molecular flexibility index (Phi) is 4.69. The van der Waals surface area contributed by atoms with Crippen LogP contribution in [0, 0.1) is 6.92 Å². The molecule has 0 saturated heterocycles. The van der Waals surface area contributed by atoms with E-state index in [0.29, 0.717) is 16.9 Å². The van der Waals surface area contributed by atoms with E-state index in [1.165, 1.54) is 7.11 Å². The number of methoxy groups -OCH3 is 1. The Morgan fingerprint density at radius 3 is 2.48 bits per heavy atom. The average Bonchev–Trinajstić information content (AvgIpc) is 2.51. The predicted octanol–water partition coefficient (Wildman–Crippen LogP) is 2.74. The number of esters is 1. The van der Waals surface area contributed by atoms with E-state index in [9.17, 15) is 9.59 Å². The maximum Gasteiger partial charge on any atom is 0.340 e. The van der Waals surface area contributed by atoms with Crippen molar-refractivity contribution in [2.45, 2.75) is 20.0 Å². The monoisotopic (exact) mass is 313 g/mol. The largest absolute Gasteiger partial charge is 0.497 e. The van der Waals surface area contributed by atoms with E-state index in [0.717, 1.165) is 16.3 Å². The van der Waals surface area contributed by atoms with Crippen LogP contribution >= 0.6 is 0 Å². The van der Waals surface area contributed by atoms with E-state index >= 15 is 0 Å². The molecule has 0 heterocycles. The molecule has 120 valence electrons. The number of benzene rings is 2. The lowest BCUT2D eigenvalue weighted by atomic mass is 10.00. The molecule has 0 aliphatic carbocycles. The van der Waals surface area contributed by atoms with Crippen molar-refractivity contribution in [2.24, 2.45) is 5.73 Å². The summed E-state index contributed by atoms with van der Waals surface area (Å²) in [4.78, 5) is 23.9.